The maximum atomic E-state index is 13.1. The number of nitrogens with zero attached hydrogens (tertiary/aromatic N) is 6. The second kappa shape index (κ2) is 6.26. The Balaban J connectivity index is 2.11. The number of aryl methyl sites for hydroxylation is 3. The molecule has 4 heterocycles. The lowest BCUT2D eigenvalue weighted by Crippen LogP contribution is -2.10. The summed E-state index contributed by atoms with van der Waals surface area (Å²) in [6, 6.07) is 2.40. The molecule has 0 amide bonds. The first-order valence-electron chi connectivity index (χ1n) is 8.47. The van der Waals surface area contributed by atoms with E-state index in [1.165, 1.54) is 20.1 Å². The lowest BCUT2D eigenvalue weighted by Gasteiger charge is -2.07. The molecule has 0 unspecified atom stereocenters. The van der Waals surface area contributed by atoms with Crippen LogP contribution in [0.4, 0.5) is 13.2 Å². The zero-order valence-electron chi connectivity index (χ0n) is 15.9. The Bertz CT molecular complexity index is 1290. The number of carbonyl (C=O) groups excluding carboxylic acids is 1. The molecule has 0 aliphatic rings. The third-order valence-electron chi connectivity index (χ3n) is 4.52. The fraction of sp³-hybridized carbons (Fsp3) is 0.278. The van der Waals surface area contributed by atoms with Crippen molar-refractivity contribution in [2.24, 2.45) is 7.05 Å². The van der Waals surface area contributed by atoms with Gasteiger partial charge in [-0.2, -0.15) is 18.3 Å². The Labute approximate surface area is 161 Å². The summed E-state index contributed by atoms with van der Waals surface area (Å²) in [6.45, 7) is 3.30. The topological polar surface area (TPSA) is 87.2 Å². The number of alkyl halides is 3. The number of halogens is 3. The van der Waals surface area contributed by atoms with Gasteiger partial charge in [0.2, 0.25) is 0 Å². The molecule has 0 saturated carbocycles. The minimum absolute atomic E-state index is 0.0155. The van der Waals surface area contributed by atoms with E-state index in [0.29, 0.717) is 27.9 Å². The highest BCUT2D eigenvalue weighted by Gasteiger charge is 2.34. The summed E-state index contributed by atoms with van der Waals surface area (Å²) in [7, 11) is 2.95. The van der Waals surface area contributed by atoms with Crippen molar-refractivity contribution in [1.29, 1.82) is 0 Å². The van der Waals surface area contributed by atoms with Crippen LogP contribution in [0.1, 0.15) is 27.4 Å². The van der Waals surface area contributed by atoms with Crippen molar-refractivity contribution in [1.82, 2.24) is 29.4 Å². The van der Waals surface area contributed by atoms with Gasteiger partial charge in [0.15, 0.2) is 17.0 Å². The third-order valence-corrected chi connectivity index (χ3v) is 4.52. The van der Waals surface area contributed by atoms with Gasteiger partial charge in [0.1, 0.15) is 5.69 Å². The molecular formula is C18H15F3N6O2. The Morgan fingerprint density at radius 2 is 1.86 bits per heavy atom. The number of hydrogen-bond donors (Lipinski definition) is 0. The second-order valence-electron chi connectivity index (χ2n) is 6.58. The van der Waals surface area contributed by atoms with E-state index in [-0.39, 0.29) is 17.0 Å². The maximum Gasteiger partial charge on any atom is 0.433 e. The number of methoxy groups -OCH3 is 1. The summed E-state index contributed by atoms with van der Waals surface area (Å²) in [5.74, 6) is -0.707. The van der Waals surface area contributed by atoms with Crippen molar-refractivity contribution >= 4 is 22.6 Å². The molecule has 4 rings (SSSR count). The second-order valence-corrected chi connectivity index (χ2v) is 6.58. The van der Waals surface area contributed by atoms with Crippen LogP contribution in [0.15, 0.2) is 18.3 Å². The molecule has 0 atom stereocenters. The van der Waals surface area contributed by atoms with Crippen molar-refractivity contribution in [2.45, 2.75) is 20.0 Å². The SMILES string of the molecule is COC(=O)c1cc(-c2cn(C)nc2C)nc2c3c(C)cc(C(F)(F)F)nc3nn12. The van der Waals surface area contributed by atoms with Crippen LogP contribution < -0.4 is 0 Å². The highest BCUT2D eigenvalue weighted by Crippen LogP contribution is 2.33. The van der Waals surface area contributed by atoms with Gasteiger partial charge in [-0.05, 0) is 31.5 Å². The number of carbonyl (C=O) groups is 1. The number of ether oxygens (including phenoxy) is 1. The first-order valence-corrected chi connectivity index (χ1v) is 8.47. The minimum Gasteiger partial charge on any atom is -0.464 e. The fourth-order valence-corrected chi connectivity index (χ4v) is 3.25. The van der Waals surface area contributed by atoms with E-state index in [0.717, 1.165) is 10.6 Å². The van der Waals surface area contributed by atoms with Crippen molar-refractivity contribution in [3.8, 4) is 11.3 Å². The van der Waals surface area contributed by atoms with Crippen molar-refractivity contribution in [3.05, 3.63) is 41.0 Å². The highest BCUT2D eigenvalue weighted by atomic mass is 19.4. The van der Waals surface area contributed by atoms with Gasteiger partial charge in [-0.25, -0.2) is 19.3 Å². The molecule has 0 N–H and O–H groups in total. The summed E-state index contributed by atoms with van der Waals surface area (Å²) in [5, 5.41) is 8.70. The first kappa shape index (κ1) is 18.8. The van der Waals surface area contributed by atoms with E-state index >= 15 is 0 Å². The van der Waals surface area contributed by atoms with Crippen LogP contribution >= 0.6 is 0 Å². The molecule has 11 heteroatoms. The molecule has 0 aliphatic heterocycles. The molecule has 0 spiro atoms. The molecule has 0 radical (unpaired) electrons. The summed E-state index contributed by atoms with van der Waals surface area (Å²) < 4.78 is 47.0. The maximum absolute atomic E-state index is 13.1. The summed E-state index contributed by atoms with van der Waals surface area (Å²) >= 11 is 0. The molecule has 29 heavy (non-hydrogen) atoms. The molecule has 0 bridgehead atoms. The van der Waals surface area contributed by atoms with E-state index < -0.39 is 17.8 Å². The lowest BCUT2D eigenvalue weighted by molar-refractivity contribution is -0.141. The smallest absolute Gasteiger partial charge is 0.433 e. The number of fused-ring (bicyclic) bond motifs is 3. The summed E-state index contributed by atoms with van der Waals surface area (Å²) in [6.07, 6.45) is -2.88. The quantitative estimate of drug-likeness (QED) is 0.477. The van der Waals surface area contributed by atoms with Gasteiger partial charge in [-0.3, -0.25) is 4.68 Å². The number of hydrogen-bond acceptors (Lipinski definition) is 6. The van der Waals surface area contributed by atoms with Crippen LogP contribution in [0, 0.1) is 13.8 Å². The van der Waals surface area contributed by atoms with Crippen LogP contribution in [0.25, 0.3) is 27.9 Å². The van der Waals surface area contributed by atoms with Gasteiger partial charge in [0.05, 0.1) is 23.9 Å². The van der Waals surface area contributed by atoms with Gasteiger partial charge >= 0.3 is 12.1 Å². The average Bonchev–Trinajstić information content (AvgIpc) is 3.18. The average molecular weight is 404 g/mol. The van der Waals surface area contributed by atoms with Gasteiger partial charge in [0, 0.05) is 18.8 Å². The van der Waals surface area contributed by atoms with E-state index in [9.17, 15) is 18.0 Å². The minimum atomic E-state index is -4.62. The predicted molar refractivity (Wildman–Crippen MR) is 96.3 cm³/mol. The zero-order valence-corrected chi connectivity index (χ0v) is 15.9. The van der Waals surface area contributed by atoms with Crippen LogP contribution in [0.3, 0.4) is 0 Å². The van der Waals surface area contributed by atoms with Gasteiger partial charge in [-0.15, -0.1) is 5.10 Å². The van der Waals surface area contributed by atoms with Crippen LogP contribution in [-0.2, 0) is 18.0 Å². The molecular weight excluding hydrogens is 389 g/mol. The van der Waals surface area contributed by atoms with E-state index in [1.54, 1.807) is 24.9 Å². The van der Waals surface area contributed by atoms with E-state index in [4.69, 9.17) is 4.74 Å². The largest absolute Gasteiger partial charge is 0.464 e. The Morgan fingerprint density at radius 3 is 2.45 bits per heavy atom. The van der Waals surface area contributed by atoms with Crippen molar-refractivity contribution < 1.29 is 22.7 Å². The van der Waals surface area contributed by atoms with Gasteiger partial charge in [0.25, 0.3) is 0 Å². The standard InChI is InChI=1S/C18H15F3N6O2/c1-8-5-13(18(19,20)21)23-15-14(8)16-22-11(10-7-26(3)24-9(10)2)6-12(17(28)29-4)27(16)25-15/h5-7H,1-4H3. The van der Waals surface area contributed by atoms with E-state index in [1.807, 2.05) is 0 Å². The Kier molecular flexibility index (Phi) is 4.07. The number of aromatic nitrogens is 6. The Hall–Kier alpha value is -3.50. The van der Waals surface area contributed by atoms with Crippen LogP contribution in [0.5, 0.6) is 0 Å². The molecule has 0 aliphatic carbocycles. The van der Waals surface area contributed by atoms with Crippen LogP contribution in [0.2, 0.25) is 0 Å². The number of pyridine rings is 1. The number of esters is 1. The Morgan fingerprint density at radius 1 is 1.14 bits per heavy atom. The van der Waals surface area contributed by atoms with Gasteiger partial charge < -0.3 is 4.74 Å². The molecule has 0 aromatic carbocycles. The monoisotopic (exact) mass is 404 g/mol. The van der Waals surface area contributed by atoms with Gasteiger partial charge in [-0.1, -0.05) is 0 Å². The normalized spacial score (nSPS) is 12.1. The lowest BCUT2D eigenvalue weighted by atomic mass is 10.1. The summed E-state index contributed by atoms with van der Waals surface area (Å²) in [5.41, 5.74) is 1.07. The van der Waals surface area contributed by atoms with E-state index in [2.05, 4.69) is 20.2 Å². The number of rotatable bonds is 2. The fourth-order valence-electron chi connectivity index (χ4n) is 3.25. The highest BCUT2D eigenvalue weighted by molar-refractivity contribution is 5.97. The molecule has 150 valence electrons. The van der Waals surface area contributed by atoms with Crippen LogP contribution in [-0.4, -0.2) is 42.4 Å². The molecule has 8 nitrogen and oxygen atoms in total. The third kappa shape index (κ3) is 2.98. The first-order chi connectivity index (χ1) is 13.6. The predicted octanol–water partition coefficient (Wildman–Crippen LogP) is 3.10. The molecule has 4 aromatic rings. The van der Waals surface area contributed by atoms with Crippen molar-refractivity contribution in [2.75, 3.05) is 7.11 Å². The summed E-state index contributed by atoms with van der Waals surface area (Å²) in [4.78, 5) is 20.5. The van der Waals surface area contributed by atoms with Crippen molar-refractivity contribution in [3.63, 3.8) is 0 Å². The molecule has 0 saturated heterocycles. The zero-order chi connectivity index (χ0) is 21.1. The molecule has 4 aromatic heterocycles. The molecule has 0 fully saturated rings.